The Morgan fingerprint density at radius 2 is 1.82 bits per heavy atom. The van der Waals surface area contributed by atoms with Gasteiger partial charge < -0.3 is 29.9 Å². The number of ether oxygens (including phenoxy) is 2. The predicted molar refractivity (Wildman–Crippen MR) is 188 cm³/mol. The van der Waals surface area contributed by atoms with Crippen LogP contribution in [-0.4, -0.2) is 121 Å². The first-order valence-electron chi connectivity index (χ1n) is 17.0. The van der Waals surface area contributed by atoms with Crippen LogP contribution in [0.4, 0.5) is 0 Å². The Bertz CT molecular complexity index is 1900. The Kier molecular flexibility index (Phi) is 10.6. The molecule has 3 amide bonds. The summed E-state index contributed by atoms with van der Waals surface area (Å²) in [5, 5.41) is 21.9. The molecule has 3 aromatic rings. The van der Waals surface area contributed by atoms with Crippen molar-refractivity contribution < 1.29 is 42.5 Å². The van der Waals surface area contributed by atoms with Crippen LogP contribution in [0.2, 0.25) is 0 Å². The van der Waals surface area contributed by atoms with E-state index < -0.39 is 56.6 Å². The fourth-order valence-corrected chi connectivity index (χ4v) is 7.96. The van der Waals surface area contributed by atoms with E-state index in [2.05, 4.69) is 16.6 Å². The number of methoxy groups -OCH3 is 1. The first kappa shape index (κ1) is 36.2. The van der Waals surface area contributed by atoms with Gasteiger partial charge in [0, 0.05) is 48.5 Å². The van der Waals surface area contributed by atoms with Crippen molar-refractivity contribution in [3.63, 3.8) is 0 Å². The summed E-state index contributed by atoms with van der Waals surface area (Å²) in [5.41, 5.74) is 0.592. The number of benzene rings is 2. The van der Waals surface area contributed by atoms with Gasteiger partial charge in [0.05, 0.1) is 49.9 Å². The van der Waals surface area contributed by atoms with Crippen LogP contribution in [-0.2, 0) is 24.4 Å². The zero-order valence-electron chi connectivity index (χ0n) is 28.4. The first-order valence-corrected chi connectivity index (χ1v) is 18.5. The van der Waals surface area contributed by atoms with Crippen molar-refractivity contribution in [2.45, 2.75) is 48.6 Å². The van der Waals surface area contributed by atoms with Gasteiger partial charge in [-0.15, -0.1) is 6.58 Å². The lowest BCUT2D eigenvalue weighted by Gasteiger charge is -2.28. The van der Waals surface area contributed by atoms with Crippen molar-refractivity contribution in [2.75, 3.05) is 46.5 Å². The fourth-order valence-electron chi connectivity index (χ4n) is 6.60. The van der Waals surface area contributed by atoms with Gasteiger partial charge in [0.25, 0.3) is 5.91 Å². The lowest BCUT2D eigenvalue weighted by atomic mass is 10.1. The highest BCUT2D eigenvalue weighted by Gasteiger charge is 2.62. The van der Waals surface area contributed by atoms with Crippen LogP contribution in [0, 0.1) is 5.92 Å². The number of nitrogens with one attached hydrogen (secondary N) is 2. The van der Waals surface area contributed by atoms with Gasteiger partial charge in [0.15, 0.2) is 0 Å². The minimum Gasteiger partial charge on any atom is -0.497 e. The first-order chi connectivity index (χ1) is 24.5. The molecule has 2 aromatic carbocycles. The van der Waals surface area contributed by atoms with Crippen molar-refractivity contribution in [2.24, 2.45) is 5.92 Å². The van der Waals surface area contributed by atoms with Gasteiger partial charge in [0.1, 0.15) is 29.2 Å². The standard InChI is InChI=1S/C36H43N5O9S/c1-3-24-20-36(24,35(46)39-51(47,48)27-10-11-27)38-34(45)31-18-26(21-41(31)33(44)22-40(13-15-42)14-16-43)50-32-19-29(23-7-5-4-6-8-23)37-30-17-25(49-2)9-12-28(30)32/h3-9,12,17,19,24,26-27,31,42-43H,1,10-11,13-16,18,20-22H2,2H3,(H,38,45)(H,39,46)/t24-,26-,31+,36?/m1/s1. The van der Waals surface area contributed by atoms with Crippen LogP contribution in [0.5, 0.6) is 11.5 Å². The third-order valence-corrected chi connectivity index (χ3v) is 11.5. The number of fused-ring (bicyclic) bond motifs is 1. The number of amides is 3. The Morgan fingerprint density at radius 1 is 1.10 bits per heavy atom. The van der Waals surface area contributed by atoms with Crippen LogP contribution in [0.15, 0.2) is 67.3 Å². The maximum Gasteiger partial charge on any atom is 0.259 e. The summed E-state index contributed by atoms with van der Waals surface area (Å²) in [6.45, 7) is 3.37. The number of hydrogen-bond acceptors (Lipinski definition) is 11. The number of hydrogen-bond donors (Lipinski definition) is 4. The molecule has 51 heavy (non-hydrogen) atoms. The molecule has 0 bridgehead atoms. The molecule has 1 aromatic heterocycles. The van der Waals surface area contributed by atoms with E-state index in [9.17, 15) is 33.0 Å². The van der Waals surface area contributed by atoms with Gasteiger partial charge in [-0.3, -0.25) is 24.0 Å². The molecule has 4 atom stereocenters. The Balaban J connectivity index is 1.29. The molecule has 1 aliphatic heterocycles. The van der Waals surface area contributed by atoms with E-state index in [1.165, 1.54) is 11.0 Å². The van der Waals surface area contributed by atoms with Crippen molar-refractivity contribution in [3.8, 4) is 22.8 Å². The second-order valence-corrected chi connectivity index (χ2v) is 15.2. The molecule has 2 saturated carbocycles. The quantitative estimate of drug-likeness (QED) is 0.156. The van der Waals surface area contributed by atoms with E-state index in [1.54, 1.807) is 24.1 Å². The summed E-state index contributed by atoms with van der Waals surface area (Å²) in [7, 11) is -2.32. The second kappa shape index (κ2) is 15.0. The average molecular weight is 722 g/mol. The normalized spacial score (nSPS) is 22.8. The molecule has 4 N–H and O–H groups in total. The largest absolute Gasteiger partial charge is 0.497 e. The van der Waals surface area contributed by atoms with Crippen molar-refractivity contribution >= 4 is 38.6 Å². The minimum atomic E-state index is -3.88. The Hall–Kier alpha value is -4.57. The van der Waals surface area contributed by atoms with Gasteiger partial charge in [-0.1, -0.05) is 36.4 Å². The average Bonchev–Trinajstić information content (AvgIpc) is 4.05. The second-order valence-electron chi connectivity index (χ2n) is 13.2. The van der Waals surface area contributed by atoms with Gasteiger partial charge in [-0.25, -0.2) is 13.4 Å². The number of aliphatic hydroxyl groups excluding tert-OH is 2. The molecular formula is C36H43N5O9S. The SMILES string of the molecule is C=C[C@@H]1CC1(NC(=O)[C@@H]1C[C@@H](Oc2cc(-c3ccccc3)nc3cc(OC)ccc23)CN1C(=O)CN(CCO)CCO)C(=O)NS(=O)(=O)C1CC1. The van der Waals surface area contributed by atoms with E-state index in [4.69, 9.17) is 14.5 Å². The van der Waals surface area contributed by atoms with E-state index in [0.29, 0.717) is 40.9 Å². The third kappa shape index (κ3) is 7.86. The molecule has 1 saturated heterocycles. The van der Waals surface area contributed by atoms with Gasteiger partial charge in [-0.05, 0) is 31.4 Å². The molecule has 0 radical (unpaired) electrons. The minimum absolute atomic E-state index is 0.0177. The predicted octanol–water partition coefficient (Wildman–Crippen LogP) is 1.21. The number of carbonyl (C=O) groups excluding carboxylic acids is 3. The summed E-state index contributed by atoms with van der Waals surface area (Å²) in [6, 6.07) is 15.7. The van der Waals surface area contributed by atoms with Crippen LogP contribution >= 0.6 is 0 Å². The molecular weight excluding hydrogens is 678 g/mol. The summed E-state index contributed by atoms with van der Waals surface area (Å²) in [6.07, 6.45) is 1.98. The molecule has 1 unspecified atom stereocenters. The number of nitrogens with zero attached hydrogens (tertiary/aromatic N) is 3. The highest BCUT2D eigenvalue weighted by atomic mass is 32.2. The molecule has 15 heteroatoms. The molecule has 3 fully saturated rings. The van der Waals surface area contributed by atoms with Crippen LogP contribution < -0.4 is 19.5 Å². The van der Waals surface area contributed by atoms with E-state index in [1.807, 2.05) is 42.5 Å². The zero-order chi connectivity index (χ0) is 36.3. The third-order valence-electron chi connectivity index (χ3n) is 9.67. The molecule has 3 aliphatic rings. The number of sulfonamides is 1. The van der Waals surface area contributed by atoms with Crippen molar-refractivity contribution in [1.29, 1.82) is 0 Å². The fraction of sp³-hybridized carbons (Fsp3) is 0.444. The Morgan fingerprint density at radius 3 is 2.45 bits per heavy atom. The topological polar surface area (TPSA) is 188 Å². The number of likely N-dealkylation sites (tertiary alicyclic amines) is 1. The molecule has 2 aliphatic carbocycles. The molecule has 0 spiro atoms. The number of aliphatic hydroxyl groups is 2. The highest BCUT2D eigenvalue weighted by molar-refractivity contribution is 7.91. The molecule has 14 nitrogen and oxygen atoms in total. The van der Waals surface area contributed by atoms with E-state index in [-0.39, 0.29) is 52.2 Å². The number of rotatable bonds is 16. The summed E-state index contributed by atoms with van der Waals surface area (Å²) < 4.78 is 39.4. The lowest BCUT2D eigenvalue weighted by molar-refractivity contribution is -0.140. The number of aromatic nitrogens is 1. The van der Waals surface area contributed by atoms with Gasteiger partial charge in [0.2, 0.25) is 21.8 Å². The van der Waals surface area contributed by atoms with Gasteiger partial charge >= 0.3 is 0 Å². The van der Waals surface area contributed by atoms with Crippen molar-refractivity contribution in [3.05, 3.63) is 67.3 Å². The number of pyridine rings is 1. The van der Waals surface area contributed by atoms with Crippen LogP contribution in [0.25, 0.3) is 22.2 Å². The van der Waals surface area contributed by atoms with Crippen LogP contribution in [0.3, 0.4) is 0 Å². The van der Waals surface area contributed by atoms with E-state index in [0.717, 1.165) is 5.56 Å². The van der Waals surface area contributed by atoms with Crippen LogP contribution in [0.1, 0.15) is 25.7 Å². The molecule has 6 rings (SSSR count). The molecule has 2 heterocycles. The van der Waals surface area contributed by atoms with E-state index >= 15 is 0 Å². The molecule has 272 valence electrons. The maximum absolute atomic E-state index is 14.1. The smallest absolute Gasteiger partial charge is 0.259 e. The zero-order valence-corrected chi connectivity index (χ0v) is 29.2. The summed E-state index contributed by atoms with van der Waals surface area (Å²) >= 11 is 0. The summed E-state index contributed by atoms with van der Waals surface area (Å²) in [5.74, 6) is -1.32. The maximum atomic E-state index is 14.1. The highest BCUT2D eigenvalue weighted by Crippen LogP contribution is 2.45. The monoisotopic (exact) mass is 721 g/mol. The van der Waals surface area contributed by atoms with Crippen molar-refractivity contribution in [1.82, 2.24) is 24.8 Å². The Labute approximate surface area is 296 Å². The van der Waals surface area contributed by atoms with Gasteiger partial charge in [-0.2, -0.15) is 0 Å². The summed E-state index contributed by atoms with van der Waals surface area (Å²) in [4.78, 5) is 49.1. The lowest BCUT2D eigenvalue weighted by Crippen LogP contribution is -2.57. The number of carbonyl (C=O) groups is 3.